The van der Waals surface area contributed by atoms with E-state index in [2.05, 4.69) is 419 Å². The Morgan fingerprint density at radius 2 is 0.606 bits per heavy atom. The third-order valence-electron chi connectivity index (χ3n) is 31.0. The monoisotopic (exact) mass is 1830 g/mol. The lowest BCUT2D eigenvalue weighted by Gasteiger charge is -2.31. The summed E-state index contributed by atoms with van der Waals surface area (Å²) in [5.41, 5.74) is 42.4. The summed E-state index contributed by atoms with van der Waals surface area (Å²) < 4.78 is 10.1. The molecule has 0 amide bonds. The van der Waals surface area contributed by atoms with E-state index in [1.165, 1.54) is 72.3 Å². The second-order valence-electron chi connectivity index (χ2n) is 39.6. The number of imidazole rings is 3. The molecule has 0 fully saturated rings. The number of rotatable bonds is 12. The van der Waals surface area contributed by atoms with Gasteiger partial charge in [-0.1, -0.05) is 349 Å². The molecule has 3 atom stereocenters. The third-order valence-corrected chi connectivity index (χ3v) is 31.0. The van der Waals surface area contributed by atoms with Crippen LogP contribution in [-0.2, 0) is 95.0 Å². The van der Waals surface area contributed by atoms with E-state index in [1.54, 1.807) is 0 Å². The Hall–Kier alpha value is -16.8. The zero-order chi connectivity index (χ0) is 93.5. The third kappa shape index (κ3) is 14.1. The Bertz CT molecular complexity index is 8520. The highest BCUT2D eigenvalue weighted by atomic mass is 15.6. The molecule has 678 valence electrons. The molecule has 17 aliphatic rings. The minimum atomic E-state index is -1.57. The fraction of sp³-hybridized carbons (Fsp3) is 0.146. The van der Waals surface area contributed by atoms with Gasteiger partial charge in [-0.15, -0.1) is 0 Å². The molecule has 2 spiro atoms. The van der Waals surface area contributed by atoms with Crippen LogP contribution in [-0.4, -0.2) is 67.7 Å². The van der Waals surface area contributed by atoms with Crippen LogP contribution >= 0.6 is 0 Å². The number of fused-ring (bicyclic) bond motifs is 3. The van der Waals surface area contributed by atoms with Crippen molar-refractivity contribution >= 4 is 34.3 Å². The zero-order valence-electron chi connectivity index (χ0n) is 78.9. The van der Waals surface area contributed by atoms with E-state index >= 15 is 0 Å². The first kappa shape index (κ1) is 83.3. The van der Waals surface area contributed by atoms with Crippen LogP contribution in [0.15, 0.2) is 425 Å². The second kappa shape index (κ2) is 34.1. The average molecular weight is 1830 g/mol. The molecule has 0 saturated carbocycles. The maximum Gasteiger partial charge on any atom is 0.302 e. The Morgan fingerprint density at radius 3 is 1.15 bits per heavy atom. The quantitative estimate of drug-likeness (QED) is 0.113. The van der Waals surface area contributed by atoms with E-state index in [1.807, 2.05) is 0 Å². The van der Waals surface area contributed by atoms with Gasteiger partial charge < -0.3 is 4.57 Å². The van der Waals surface area contributed by atoms with Gasteiger partial charge in [0.15, 0.2) is 5.66 Å². The van der Waals surface area contributed by atoms with Gasteiger partial charge in [0.2, 0.25) is 5.82 Å². The molecule has 12 nitrogen and oxygen atoms in total. The summed E-state index contributed by atoms with van der Waals surface area (Å²) in [5, 5.41) is 0. The van der Waals surface area contributed by atoms with Gasteiger partial charge in [-0.2, -0.15) is 0 Å². The van der Waals surface area contributed by atoms with E-state index in [0.717, 1.165) is 265 Å². The molecular formula is C130H99N12+. The van der Waals surface area contributed by atoms with E-state index < -0.39 is 17.6 Å². The van der Waals surface area contributed by atoms with E-state index in [4.69, 9.17) is 39.9 Å². The minimum Gasteiger partial charge on any atom is -0.323 e. The van der Waals surface area contributed by atoms with Crippen LogP contribution in [0.25, 0.3) is 102 Å². The van der Waals surface area contributed by atoms with Crippen LogP contribution < -0.4 is 0 Å². The van der Waals surface area contributed by atoms with Crippen molar-refractivity contribution in [2.75, 3.05) is 0 Å². The molecule has 36 rings (SSSR count). The Balaban J connectivity index is 0.778. The molecule has 16 aromatic carbocycles. The summed E-state index contributed by atoms with van der Waals surface area (Å²) in [6, 6.07) is 149. The van der Waals surface area contributed by atoms with Crippen molar-refractivity contribution in [3.63, 3.8) is 0 Å². The van der Waals surface area contributed by atoms with Crippen LogP contribution in [0.4, 0.5) is 0 Å². The van der Waals surface area contributed by atoms with Crippen molar-refractivity contribution in [2.45, 2.75) is 120 Å². The largest absolute Gasteiger partial charge is 0.323 e. The molecule has 16 bridgehead atoms. The highest BCUT2D eigenvalue weighted by Gasteiger charge is 2.51. The van der Waals surface area contributed by atoms with Crippen molar-refractivity contribution in [2.24, 2.45) is 25.0 Å². The number of hydrogen-bond donors (Lipinski definition) is 0. The number of aromatic nitrogens is 6. The van der Waals surface area contributed by atoms with Gasteiger partial charge in [-0.05, 0) is 217 Å². The molecule has 12 heterocycles. The van der Waals surface area contributed by atoms with Crippen molar-refractivity contribution in [1.82, 2.24) is 28.8 Å². The van der Waals surface area contributed by atoms with Gasteiger partial charge in [0.05, 0.1) is 51.2 Å². The van der Waals surface area contributed by atoms with Gasteiger partial charge in [0.1, 0.15) is 28.7 Å². The van der Waals surface area contributed by atoms with Gasteiger partial charge in [0.25, 0.3) is 11.5 Å². The number of nitrogens with zero attached hydrogens (tertiary/aromatic N) is 12. The Labute approximate surface area is 826 Å². The first-order valence-corrected chi connectivity index (χ1v) is 50.7. The summed E-state index contributed by atoms with van der Waals surface area (Å²) in [6.45, 7) is 0.504. The fourth-order valence-corrected chi connectivity index (χ4v) is 24.1. The zero-order valence-corrected chi connectivity index (χ0v) is 78.9. The van der Waals surface area contributed by atoms with Crippen molar-refractivity contribution in [3.8, 4) is 102 Å². The topological polar surface area (TPSA) is 118 Å². The van der Waals surface area contributed by atoms with E-state index in [9.17, 15) is 0 Å². The van der Waals surface area contributed by atoms with Crippen LogP contribution in [0, 0.1) is 0 Å². The molecule has 0 saturated heterocycles. The molecule has 142 heavy (non-hydrogen) atoms. The van der Waals surface area contributed by atoms with Gasteiger partial charge in [-0.3, -0.25) is 4.57 Å². The van der Waals surface area contributed by atoms with Crippen molar-refractivity contribution < 1.29 is 4.68 Å². The Kier molecular flexibility index (Phi) is 20.0. The molecule has 9 aliphatic heterocycles. The molecule has 0 N–H and O–H groups in total. The lowest BCUT2D eigenvalue weighted by Crippen LogP contribution is -2.32. The Morgan fingerprint density at radius 1 is 0.254 bits per heavy atom. The highest BCUT2D eigenvalue weighted by Crippen LogP contribution is 2.53. The number of hydrogen-bond acceptors (Lipinski definition) is 8. The predicted molar refractivity (Wildman–Crippen MR) is 573 cm³/mol. The first-order chi connectivity index (χ1) is 70.3. The van der Waals surface area contributed by atoms with Crippen LogP contribution in [0.2, 0.25) is 0 Å². The summed E-state index contributed by atoms with van der Waals surface area (Å²) in [4.78, 5) is 52.0. The van der Waals surface area contributed by atoms with Crippen LogP contribution in [0.1, 0.15) is 142 Å². The number of benzene rings is 16. The SMILES string of the molecule is c1ccc(C2=NC3(CCn4c(nc(-c5ccccc5)c4-c4ccccc4)-c4cc5ccc4CCCc4ccc(cc43)CCC5)N=C2c2cc(C3=NC4(N=C3c3ccccc3)c3cc5ccc3CCc3ccc(cc3-c3nc(-c6ccccc6)c(-c6ccccc6)n34)CC5)cc(C3=NC4c5cc6ccc5CCc5ccc(cc5-c5nc(-c7ccccc7)c(-c7ccccc7)n5[N+]4=C3c3ccccc3)CC6)c2)cc1. The lowest BCUT2D eigenvalue weighted by molar-refractivity contribution is -0.617. The van der Waals surface area contributed by atoms with Gasteiger partial charge in [0, 0.05) is 108 Å². The van der Waals surface area contributed by atoms with Crippen LogP contribution in [0.5, 0.6) is 0 Å². The number of aryl methyl sites for hydroxylation is 12. The highest BCUT2D eigenvalue weighted by molar-refractivity contribution is 6.58. The normalized spacial score (nSPS) is 17.7. The smallest absolute Gasteiger partial charge is 0.302 e. The van der Waals surface area contributed by atoms with E-state index in [0.29, 0.717) is 18.7 Å². The lowest BCUT2D eigenvalue weighted by atomic mass is 9.86. The molecule has 19 aromatic rings. The maximum atomic E-state index is 6.87. The number of aliphatic imine (C=N–C) groups is 5. The van der Waals surface area contributed by atoms with Crippen molar-refractivity contribution in [1.29, 1.82) is 0 Å². The minimum absolute atomic E-state index is 0.472. The molecule has 3 aromatic heterocycles. The summed E-state index contributed by atoms with van der Waals surface area (Å²) in [5.74, 6) is 1.04. The summed E-state index contributed by atoms with van der Waals surface area (Å²) in [6.07, 6.45) is 11.5. The van der Waals surface area contributed by atoms with Gasteiger partial charge >= 0.3 is 6.17 Å². The molecule has 12 heteroatoms. The molecule has 3 unspecified atom stereocenters. The summed E-state index contributed by atoms with van der Waals surface area (Å²) in [7, 11) is 0. The standard InChI is InChI=1S/C130H99N12/c1-10-32-95(33-11-1)113-115(136-129(135-113)72-73-139-121(100-42-20-6-21-43-100)117(97-36-14-3-15-37-97)131-125(139)107-74-83-30-28-31-84-60-66-93(111(129)78-84)51-29-50-89(107)62-56-83)104-80-105(116-114(96-34-12-2-13-35-96)137-130(138-116)112-79-88-55-54-85-57-63-90(70-71-94(112)67-61-88)108(75-85)126-132-118(98-38-16-4-17-39-98)122(140(126)130)101-44-22-7-23-45-101)82-106(81-104)120-124(103-48-26-9-27-49-103)142-128(134-120)110-77-87-53-52-86-58-64-91(68-69-92(110)65-59-87)109(76-86)127-133-119(99-40-18-5-19-41-99)123(141(127)142)102-46-24-8-25-47-102/h1-27,32-49,56-67,74-82,128H,28-31,50-55,68-73H2/q+1. The van der Waals surface area contributed by atoms with Crippen molar-refractivity contribution in [3.05, 3.63) is 517 Å². The second-order valence-corrected chi connectivity index (χ2v) is 39.6. The van der Waals surface area contributed by atoms with Gasteiger partial charge in [-0.25, -0.2) is 39.9 Å². The fourth-order valence-electron chi connectivity index (χ4n) is 24.1. The summed E-state index contributed by atoms with van der Waals surface area (Å²) >= 11 is 0. The molecule has 8 aliphatic carbocycles. The first-order valence-electron chi connectivity index (χ1n) is 50.7. The van der Waals surface area contributed by atoms with Crippen LogP contribution in [0.3, 0.4) is 0 Å². The predicted octanol–water partition coefficient (Wildman–Crippen LogP) is 27.0. The average Bonchev–Trinajstić information content (AvgIpc) is 1.56. The molecular weight excluding hydrogens is 1730 g/mol. The molecule has 0 radical (unpaired) electrons. The van der Waals surface area contributed by atoms with E-state index in [-0.39, 0.29) is 0 Å². The maximum absolute atomic E-state index is 6.87.